The molecule has 3 aromatic rings. The van der Waals surface area contributed by atoms with Crippen molar-refractivity contribution in [1.82, 2.24) is 9.80 Å². The van der Waals surface area contributed by atoms with Gasteiger partial charge >= 0.3 is 0 Å². The summed E-state index contributed by atoms with van der Waals surface area (Å²) in [5, 5.41) is 1.22. The first kappa shape index (κ1) is 25.0. The molecule has 2 aromatic carbocycles. The number of rotatable bonds is 10. The number of halogens is 1. The van der Waals surface area contributed by atoms with Crippen LogP contribution in [0.4, 0.5) is 0 Å². The molecule has 0 aliphatic carbocycles. The van der Waals surface area contributed by atoms with Gasteiger partial charge in [0, 0.05) is 18.0 Å². The van der Waals surface area contributed by atoms with Gasteiger partial charge in [0.25, 0.3) is 0 Å². The predicted molar refractivity (Wildman–Crippen MR) is 136 cm³/mol. The Morgan fingerprint density at radius 3 is 2.12 bits per heavy atom. The average Bonchev–Trinajstić information content (AvgIpc) is 3.22. The van der Waals surface area contributed by atoms with Gasteiger partial charge in [0.2, 0.25) is 11.8 Å². The Kier molecular flexibility index (Phi) is 9.10. The first-order chi connectivity index (χ1) is 15.8. The number of amides is 2. The Labute approximate surface area is 205 Å². The minimum atomic E-state index is -0.820. The van der Waals surface area contributed by atoms with Crippen molar-refractivity contribution in [2.24, 2.45) is 5.92 Å². The van der Waals surface area contributed by atoms with E-state index < -0.39 is 5.38 Å². The summed E-state index contributed by atoms with van der Waals surface area (Å²) in [6, 6.07) is 21.3. The topological polar surface area (TPSA) is 40.6 Å². The van der Waals surface area contributed by atoms with Gasteiger partial charge in [-0.2, -0.15) is 0 Å². The van der Waals surface area contributed by atoms with Crippen molar-refractivity contribution in [1.29, 1.82) is 0 Å². The van der Waals surface area contributed by atoms with E-state index in [1.54, 1.807) is 16.2 Å². The van der Waals surface area contributed by atoms with Crippen molar-refractivity contribution in [3.05, 3.63) is 93.7 Å². The molecule has 0 aliphatic heterocycles. The molecule has 0 saturated carbocycles. The lowest BCUT2D eigenvalue weighted by atomic mass is 10.1. The van der Waals surface area contributed by atoms with Crippen LogP contribution in [0.25, 0.3) is 0 Å². The number of aryl methyl sites for hydroxylation is 1. The number of hydrogen-bond donors (Lipinski definition) is 0. The van der Waals surface area contributed by atoms with E-state index in [2.05, 4.69) is 13.0 Å². The van der Waals surface area contributed by atoms with E-state index >= 15 is 0 Å². The Balaban J connectivity index is 1.80. The summed E-state index contributed by atoms with van der Waals surface area (Å²) in [6.45, 7) is 7.61. The van der Waals surface area contributed by atoms with Crippen LogP contribution in [0.3, 0.4) is 0 Å². The van der Waals surface area contributed by atoms with Crippen LogP contribution in [0.2, 0.25) is 0 Å². The SMILES string of the molecule is Cc1ccsc1CN(Cc1ccccc1)C(=O)CN(CC(C)C)C(=O)C(Cl)c1ccccc1. The van der Waals surface area contributed by atoms with E-state index in [9.17, 15) is 9.59 Å². The van der Waals surface area contributed by atoms with E-state index in [1.165, 1.54) is 5.56 Å². The highest BCUT2D eigenvalue weighted by Gasteiger charge is 2.28. The Morgan fingerprint density at radius 2 is 1.55 bits per heavy atom. The summed E-state index contributed by atoms with van der Waals surface area (Å²) in [5.41, 5.74) is 2.97. The van der Waals surface area contributed by atoms with Crippen LogP contribution < -0.4 is 0 Å². The minimum absolute atomic E-state index is 0.00429. The van der Waals surface area contributed by atoms with Gasteiger partial charge in [-0.3, -0.25) is 9.59 Å². The van der Waals surface area contributed by atoms with Crippen LogP contribution in [-0.4, -0.2) is 34.7 Å². The van der Waals surface area contributed by atoms with Gasteiger partial charge in [-0.1, -0.05) is 74.5 Å². The summed E-state index contributed by atoms with van der Waals surface area (Å²) in [4.78, 5) is 31.4. The van der Waals surface area contributed by atoms with Crippen molar-refractivity contribution in [2.75, 3.05) is 13.1 Å². The number of thiophene rings is 1. The molecule has 0 radical (unpaired) electrons. The monoisotopic (exact) mass is 482 g/mol. The lowest BCUT2D eigenvalue weighted by molar-refractivity contribution is -0.141. The molecule has 2 amide bonds. The summed E-state index contributed by atoms with van der Waals surface area (Å²) in [5.74, 6) is -0.113. The standard InChI is InChI=1S/C27H31ClN2O2S/c1-20(2)16-30(27(32)26(28)23-12-8-5-9-13-23)19-25(31)29(17-22-10-6-4-7-11-22)18-24-21(3)14-15-33-24/h4-15,20,26H,16-19H2,1-3H3. The lowest BCUT2D eigenvalue weighted by Gasteiger charge is -2.30. The third-order valence-electron chi connectivity index (χ3n) is 5.40. The fourth-order valence-corrected chi connectivity index (χ4v) is 4.84. The van der Waals surface area contributed by atoms with E-state index in [1.807, 2.05) is 84.8 Å². The largest absolute Gasteiger partial charge is 0.332 e. The van der Waals surface area contributed by atoms with Crippen molar-refractivity contribution in [2.45, 2.75) is 39.2 Å². The van der Waals surface area contributed by atoms with Crippen LogP contribution in [0.1, 0.15) is 40.8 Å². The van der Waals surface area contributed by atoms with Gasteiger partial charge in [-0.05, 0) is 41.0 Å². The zero-order valence-corrected chi connectivity index (χ0v) is 21.0. The molecule has 1 atom stereocenters. The number of benzene rings is 2. The molecule has 0 N–H and O–H groups in total. The molecule has 0 bridgehead atoms. The molecule has 4 nitrogen and oxygen atoms in total. The number of nitrogens with zero attached hydrogens (tertiary/aromatic N) is 2. The first-order valence-electron chi connectivity index (χ1n) is 11.2. The molecule has 0 saturated heterocycles. The third-order valence-corrected chi connectivity index (χ3v) is 6.85. The molecule has 6 heteroatoms. The second-order valence-corrected chi connectivity index (χ2v) is 10.1. The molecule has 1 heterocycles. The summed E-state index contributed by atoms with van der Waals surface area (Å²) >= 11 is 8.20. The molecule has 1 aromatic heterocycles. The van der Waals surface area contributed by atoms with E-state index in [4.69, 9.17) is 11.6 Å². The molecule has 0 aliphatic rings. The highest BCUT2D eigenvalue weighted by atomic mass is 35.5. The van der Waals surface area contributed by atoms with Gasteiger partial charge in [-0.15, -0.1) is 22.9 Å². The molecular weight excluding hydrogens is 452 g/mol. The van der Waals surface area contributed by atoms with Gasteiger partial charge in [0.15, 0.2) is 0 Å². The van der Waals surface area contributed by atoms with Gasteiger partial charge < -0.3 is 9.80 Å². The second-order valence-electron chi connectivity index (χ2n) is 8.65. The summed E-state index contributed by atoms with van der Waals surface area (Å²) < 4.78 is 0. The summed E-state index contributed by atoms with van der Waals surface area (Å²) in [7, 11) is 0. The third kappa shape index (κ3) is 7.18. The van der Waals surface area contributed by atoms with Gasteiger partial charge in [-0.25, -0.2) is 0 Å². The highest BCUT2D eigenvalue weighted by molar-refractivity contribution is 7.10. The van der Waals surface area contributed by atoms with Crippen LogP contribution in [-0.2, 0) is 22.7 Å². The molecule has 33 heavy (non-hydrogen) atoms. The second kappa shape index (κ2) is 12.0. The number of alkyl halides is 1. The van der Waals surface area contributed by atoms with E-state index in [-0.39, 0.29) is 24.3 Å². The lowest BCUT2D eigenvalue weighted by Crippen LogP contribution is -2.44. The maximum atomic E-state index is 13.5. The van der Waals surface area contributed by atoms with Crippen LogP contribution in [0, 0.1) is 12.8 Å². The van der Waals surface area contributed by atoms with Crippen LogP contribution in [0.15, 0.2) is 72.1 Å². The molecule has 0 spiro atoms. The fourth-order valence-electron chi connectivity index (χ4n) is 3.64. The molecule has 174 valence electrons. The predicted octanol–water partition coefficient (Wildman–Crippen LogP) is 6.05. The zero-order valence-electron chi connectivity index (χ0n) is 19.4. The number of carbonyl (C=O) groups is 2. The van der Waals surface area contributed by atoms with Crippen molar-refractivity contribution in [3.8, 4) is 0 Å². The fraction of sp³-hybridized carbons (Fsp3) is 0.333. The molecule has 0 fully saturated rings. The summed E-state index contributed by atoms with van der Waals surface area (Å²) in [6.07, 6.45) is 0. The first-order valence-corrected chi connectivity index (χ1v) is 12.5. The maximum Gasteiger partial charge on any atom is 0.245 e. The van der Waals surface area contributed by atoms with Gasteiger partial charge in [0.05, 0.1) is 13.1 Å². The van der Waals surface area contributed by atoms with Crippen LogP contribution >= 0.6 is 22.9 Å². The Morgan fingerprint density at radius 1 is 0.909 bits per heavy atom. The van der Waals surface area contributed by atoms with Crippen LogP contribution in [0.5, 0.6) is 0 Å². The highest BCUT2D eigenvalue weighted by Crippen LogP contribution is 2.24. The Bertz CT molecular complexity index is 1040. The quantitative estimate of drug-likeness (QED) is 0.330. The molecule has 3 rings (SSSR count). The van der Waals surface area contributed by atoms with Gasteiger partial charge in [0.1, 0.15) is 5.38 Å². The molecule has 1 unspecified atom stereocenters. The molecular formula is C27H31ClN2O2S. The number of hydrogen-bond acceptors (Lipinski definition) is 3. The normalized spacial score (nSPS) is 11.9. The number of carbonyl (C=O) groups excluding carboxylic acids is 2. The van der Waals surface area contributed by atoms with Crippen molar-refractivity contribution >= 4 is 34.8 Å². The van der Waals surface area contributed by atoms with Crippen molar-refractivity contribution in [3.63, 3.8) is 0 Å². The zero-order chi connectivity index (χ0) is 23.8. The minimum Gasteiger partial charge on any atom is -0.332 e. The van der Waals surface area contributed by atoms with Crippen molar-refractivity contribution < 1.29 is 9.59 Å². The Hall–Kier alpha value is -2.63. The smallest absolute Gasteiger partial charge is 0.245 e. The van der Waals surface area contributed by atoms with E-state index in [0.717, 1.165) is 16.0 Å². The van der Waals surface area contributed by atoms with E-state index in [0.29, 0.717) is 19.6 Å². The average molecular weight is 483 g/mol. The maximum absolute atomic E-state index is 13.5.